The Morgan fingerprint density at radius 1 is 1.43 bits per heavy atom. The number of amides is 1. The minimum Gasteiger partial charge on any atom is -0.494 e. The number of carbonyl (C=O) groups excluding carboxylic acids is 1. The molecule has 1 aliphatic heterocycles. The summed E-state index contributed by atoms with van der Waals surface area (Å²) in [6, 6.07) is 4.40. The summed E-state index contributed by atoms with van der Waals surface area (Å²) in [7, 11) is 5.03. The molecule has 1 fully saturated rings. The van der Waals surface area contributed by atoms with Crippen LogP contribution in [0.1, 0.15) is 37.0 Å². The van der Waals surface area contributed by atoms with Crippen molar-refractivity contribution in [1.29, 1.82) is 0 Å². The highest BCUT2D eigenvalue weighted by Crippen LogP contribution is 2.35. The lowest BCUT2D eigenvalue weighted by atomic mass is 9.97. The van der Waals surface area contributed by atoms with Crippen molar-refractivity contribution >= 4 is 11.7 Å². The van der Waals surface area contributed by atoms with Gasteiger partial charge in [0.2, 0.25) is 0 Å². The van der Waals surface area contributed by atoms with Gasteiger partial charge < -0.3 is 19.1 Å². The number of ether oxygens (including phenoxy) is 1. The van der Waals surface area contributed by atoms with Crippen LogP contribution >= 0.6 is 0 Å². The summed E-state index contributed by atoms with van der Waals surface area (Å²) in [6.45, 7) is 5.87. The lowest BCUT2D eigenvalue weighted by Crippen LogP contribution is -2.30. The molecule has 7 heteroatoms. The van der Waals surface area contributed by atoms with Crippen LogP contribution in [0.15, 0.2) is 22.7 Å². The maximum Gasteiger partial charge on any atom is 0.261 e. The maximum absolute atomic E-state index is 13.8. The van der Waals surface area contributed by atoms with E-state index in [1.807, 2.05) is 19.0 Å². The first-order valence-corrected chi connectivity index (χ1v) is 9.62. The Balaban J connectivity index is 1.96. The molecule has 0 N–H and O–H groups in total. The molecule has 1 saturated heterocycles. The molecule has 6 nitrogen and oxygen atoms in total. The summed E-state index contributed by atoms with van der Waals surface area (Å²) in [4.78, 5) is 17.0. The molecule has 2 heterocycles. The second kappa shape index (κ2) is 8.20. The Morgan fingerprint density at radius 3 is 2.82 bits per heavy atom. The van der Waals surface area contributed by atoms with Crippen molar-refractivity contribution in [2.24, 2.45) is 11.8 Å². The van der Waals surface area contributed by atoms with Gasteiger partial charge in [-0.05, 0) is 42.9 Å². The SMILES string of the molecule is COc1cc(-c2onc(N(C)C)c2C(=O)N2CCC(CC(C)C)C2)ccc1F. The van der Waals surface area contributed by atoms with Crippen LogP contribution < -0.4 is 9.64 Å². The number of carbonyl (C=O) groups is 1. The molecule has 152 valence electrons. The zero-order valence-corrected chi connectivity index (χ0v) is 17.2. The largest absolute Gasteiger partial charge is 0.494 e. The summed E-state index contributed by atoms with van der Waals surface area (Å²) in [6.07, 6.45) is 2.11. The highest BCUT2D eigenvalue weighted by atomic mass is 19.1. The third-order valence-corrected chi connectivity index (χ3v) is 5.10. The van der Waals surface area contributed by atoms with E-state index in [-0.39, 0.29) is 11.7 Å². The Hall–Kier alpha value is -2.57. The molecular formula is C21H28FN3O3. The molecule has 28 heavy (non-hydrogen) atoms. The van der Waals surface area contributed by atoms with Gasteiger partial charge in [-0.25, -0.2) is 4.39 Å². The van der Waals surface area contributed by atoms with E-state index >= 15 is 0 Å². The second-order valence-corrected chi connectivity index (χ2v) is 7.99. The van der Waals surface area contributed by atoms with Gasteiger partial charge in [0.05, 0.1) is 7.11 Å². The van der Waals surface area contributed by atoms with E-state index < -0.39 is 5.82 Å². The first-order chi connectivity index (χ1) is 13.3. The molecule has 1 atom stereocenters. The summed E-state index contributed by atoms with van der Waals surface area (Å²) >= 11 is 0. The number of likely N-dealkylation sites (tertiary alicyclic amines) is 1. The van der Waals surface area contributed by atoms with E-state index in [2.05, 4.69) is 19.0 Å². The topological polar surface area (TPSA) is 58.8 Å². The van der Waals surface area contributed by atoms with Crippen LogP contribution in [0, 0.1) is 17.7 Å². The quantitative estimate of drug-likeness (QED) is 0.746. The van der Waals surface area contributed by atoms with E-state index in [4.69, 9.17) is 9.26 Å². The van der Waals surface area contributed by atoms with Crippen molar-refractivity contribution < 1.29 is 18.4 Å². The van der Waals surface area contributed by atoms with Gasteiger partial charge in [0.15, 0.2) is 23.1 Å². The summed E-state index contributed by atoms with van der Waals surface area (Å²) in [5, 5.41) is 4.10. The van der Waals surface area contributed by atoms with Crippen molar-refractivity contribution in [3.63, 3.8) is 0 Å². The molecular weight excluding hydrogens is 361 g/mol. The number of hydrogen-bond acceptors (Lipinski definition) is 5. The number of rotatable bonds is 6. The van der Waals surface area contributed by atoms with E-state index in [9.17, 15) is 9.18 Å². The zero-order chi connectivity index (χ0) is 20.4. The zero-order valence-electron chi connectivity index (χ0n) is 17.2. The van der Waals surface area contributed by atoms with Crippen molar-refractivity contribution in [1.82, 2.24) is 10.1 Å². The number of aromatic nitrogens is 1. The fraction of sp³-hybridized carbons (Fsp3) is 0.524. The van der Waals surface area contributed by atoms with Gasteiger partial charge >= 0.3 is 0 Å². The highest BCUT2D eigenvalue weighted by Gasteiger charge is 2.33. The first-order valence-electron chi connectivity index (χ1n) is 9.62. The van der Waals surface area contributed by atoms with Crippen LogP contribution in [0.25, 0.3) is 11.3 Å². The van der Waals surface area contributed by atoms with Gasteiger partial charge in [0.25, 0.3) is 5.91 Å². The van der Waals surface area contributed by atoms with Crippen LogP contribution in [0.2, 0.25) is 0 Å². The molecule has 0 radical (unpaired) electrons. The molecule has 1 aromatic heterocycles. The lowest BCUT2D eigenvalue weighted by Gasteiger charge is -2.19. The third kappa shape index (κ3) is 3.98. The van der Waals surface area contributed by atoms with Crippen molar-refractivity contribution in [2.45, 2.75) is 26.7 Å². The van der Waals surface area contributed by atoms with E-state index in [1.54, 1.807) is 11.0 Å². The minimum absolute atomic E-state index is 0.0943. The number of hydrogen-bond donors (Lipinski definition) is 0. The fourth-order valence-electron chi connectivity index (χ4n) is 3.81. The smallest absolute Gasteiger partial charge is 0.261 e. The monoisotopic (exact) mass is 389 g/mol. The molecule has 0 bridgehead atoms. The van der Waals surface area contributed by atoms with Crippen LogP contribution in [-0.2, 0) is 0 Å². The lowest BCUT2D eigenvalue weighted by molar-refractivity contribution is 0.0786. The van der Waals surface area contributed by atoms with Crippen LogP contribution in [-0.4, -0.2) is 50.3 Å². The molecule has 0 saturated carbocycles. The number of methoxy groups -OCH3 is 1. The molecule has 0 aliphatic carbocycles. The standard InChI is InChI=1S/C21H28FN3O3/c1-13(2)10-14-8-9-25(12-14)21(26)18-19(28-23-20(18)24(3)4)15-6-7-16(22)17(11-15)27-5/h6-7,11,13-14H,8-10,12H2,1-5H3. The van der Waals surface area contributed by atoms with Crippen LogP contribution in [0.4, 0.5) is 10.2 Å². The van der Waals surface area contributed by atoms with E-state index in [1.165, 1.54) is 19.2 Å². The number of anilines is 1. The van der Waals surface area contributed by atoms with Gasteiger partial charge in [-0.2, -0.15) is 0 Å². The minimum atomic E-state index is -0.470. The van der Waals surface area contributed by atoms with Crippen LogP contribution in [0.3, 0.4) is 0 Å². The Morgan fingerprint density at radius 2 is 2.18 bits per heavy atom. The van der Waals surface area contributed by atoms with Gasteiger partial charge in [-0.15, -0.1) is 0 Å². The Kier molecular flexibility index (Phi) is 5.91. The first kappa shape index (κ1) is 20.2. The van der Waals surface area contributed by atoms with Gasteiger partial charge in [-0.1, -0.05) is 19.0 Å². The van der Waals surface area contributed by atoms with E-state index in [0.717, 1.165) is 25.9 Å². The highest BCUT2D eigenvalue weighted by molar-refractivity contribution is 6.04. The normalized spacial score (nSPS) is 16.7. The molecule has 1 unspecified atom stereocenters. The molecule has 1 aromatic carbocycles. The van der Waals surface area contributed by atoms with E-state index in [0.29, 0.717) is 34.5 Å². The maximum atomic E-state index is 13.8. The summed E-state index contributed by atoms with van der Waals surface area (Å²) < 4.78 is 24.4. The van der Waals surface area contributed by atoms with Crippen LogP contribution in [0.5, 0.6) is 5.75 Å². The average molecular weight is 389 g/mol. The molecule has 2 aromatic rings. The van der Waals surface area contributed by atoms with Gasteiger partial charge in [-0.3, -0.25) is 4.79 Å². The predicted molar refractivity (Wildman–Crippen MR) is 106 cm³/mol. The molecule has 0 spiro atoms. The predicted octanol–water partition coefficient (Wildman–Crippen LogP) is 4.06. The summed E-state index contributed by atoms with van der Waals surface area (Å²) in [5.41, 5.74) is 0.962. The Bertz CT molecular complexity index is 847. The molecule has 1 aliphatic rings. The average Bonchev–Trinajstić information content (AvgIpc) is 3.28. The fourth-order valence-corrected chi connectivity index (χ4v) is 3.81. The number of benzene rings is 1. The van der Waals surface area contributed by atoms with Gasteiger partial charge in [0, 0.05) is 32.7 Å². The summed E-state index contributed by atoms with van der Waals surface area (Å²) in [5.74, 6) is 1.44. The van der Waals surface area contributed by atoms with Gasteiger partial charge in [0.1, 0.15) is 5.56 Å². The Labute approximate surface area is 165 Å². The van der Waals surface area contributed by atoms with Crippen molar-refractivity contribution in [2.75, 3.05) is 39.2 Å². The molecule has 3 rings (SSSR count). The second-order valence-electron chi connectivity index (χ2n) is 7.99. The van der Waals surface area contributed by atoms with Crippen molar-refractivity contribution in [3.8, 4) is 17.1 Å². The molecule has 1 amide bonds. The van der Waals surface area contributed by atoms with Crippen molar-refractivity contribution in [3.05, 3.63) is 29.6 Å². The number of nitrogens with zero attached hydrogens (tertiary/aromatic N) is 3. The number of halogens is 1. The third-order valence-electron chi connectivity index (χ3n) is 5.10.